The Hall–Kier alpha value is -2.62. The summed E-state index contributed by atoms with van der Waals surface area (Å²) in [7, 11) is 1.71. The summed E-state index contributed by atoms with van der Waals surface area (Å²) in [4.78, 5) is 28.8. The molecule has 0 radical (unpaired) electrons. The van der Waals surface area contributed by atoms with Crippen molar-refractivity contribution in [3.63, 3.8) is 0 Å². The van der Waals surface area contributed by atoms with Crippen molar-refractivity contribution in [3.05, 3.63) is 36.0 Å². The third-order valence-electron chi connectivity index (χ3n) is 10.2. The first-order chi connectivity index (χ1) is 20.5. The van der Waals surface area contributed by atoms with Crippen LogP contribution in [0.25, 0.3) is 10.9 Å². The minimum atomic E-state index is -1.17. The maximum atomic E-state index is 13.5. The van der Waals surface area contributed by atoms with E-state index in [1.165, 1.54) is 5.56 Å². The molecule has 1 spiro atoms. The summed E-state index contributed by atoms with van der Waals surface area (Å²) in [5.41, 5.74) is 2.42. The van der Waals surface area contributed by atoms with Gasteiger partial charge in [0.05, 0.1) is 12.1 Å². The SMILES string of the molecule is COCCCC(c1ccc2cc[nH]c2c1)C(CC(NC(=O)O)C(O)CC(C(=O)N[C@@H]1CC12CCOCC2)C(C)C)C(C)C. The molecule has 5 unspecified atom stereocenters. The van der Waals surface area contributed by atoms with Crippen LogP contribution in [-0.2, 0) is 14.3 Å². The molecular weight excluding hydrogens is 546 g/mol. The molecule has 1 aromatic carbocycles. The van der Waals surface area contributed by atoms with E-state index < -0.39 is 24.2 Å². The zero-order valence-corrected chi connectivity index (χ0v) is 26.6. The van der Waals surface area contributed by atoms with E-state index in [4.69, 9.17) is 9.47 Å². The highest BCUT2D eigenvalue weighted by Gasteiger charge is 2.55. The minimum absolute atomic E-state index is 0.000251. The molecule has 9 heteroatoms. The molecule has 1 saturated heterocycles. The molecule has 2 heterocycles. The van der Waals surface area contributed by atoms with Gasteiger partial charge in [0, 0.05) is 50.6 Å². The van der Waals surface area contributed by atoms with Crippen molar-refractivity contribution >= 4 is 22.9 Å². The number of aromatic amines is 1. The third-order valence-corrected chi connectivity index (χ3v) is 10.2. The smallest absolute Gasteiger partial charge is 0.404 e. The van der Waals surface area contributed by atoms with Crippen LogP contribution in [-0.4, -0.2) is 72.3 Å². The Morgan fingerprint density at radius 2 is 1.86 bits per heavy atom. The lowest BCUT2D eigenvalue weighted by atomic mass is 9.72. The van der Waals surface area contributed by atoms with Crippen molar-refractivity contribution in [2.75, 3.05) is 26.9 Å². The van der Waals surface area contributed by atoms with Crippen LogP contribution in [0.5, 0.6) is 0 Å². The average Bonchev–Trinajstić information content (AvgIpc) is 3.37. The highest BCUT2D eigenvalue weighted by Crippen LogP contribution is 2.53. The van der Waals surface area contributed by atoms with E-state index in [2.05, 4.69) is 53.7 Å². The molecule has 4 rings (SSSR count). The number of aliphatic hydroxyl groups excluding tert-OH is 1. The maximum Gasteiger partial charge on any atom is 0.404 e. The average molecular weight is 600 g/mol. The lowest BCUT2D eigenvalue weighted by Crippen LogP contribution is -2.48. The number of benzene rings is 1. The standard InChI is InChI=1S/C34H53N3O6/c1-21(2)26(25(7-6-14-42-5)24-9-8-23-10-13-35-28(23)17-24)18-29(36-33(40)41)30(38)19-27(22(3)4)32(39)37-31-20-34(31)11-15-43-16-12-34/h8-10,13,17,21-22,25-27,29-31,35-36,38H,6-7,11-12,14-16,18-20H2,1-5H3,(H,37,39)(H,40,41)/t25?,26?,27?,29?,30?,31-/m1/s1. The molecule has 1 aliphatic carbocycles. The zero-order chi connectivity index (χ0) is 31.1. The van der Waals surface area contributed by atoms with Gasteiger partial charge in [-0.3, -0.25) is 4.79 Å². The first kappa shape index (κ1) is 33.3. The number of H-pyrrole nitrogens is 1. The number of hydrogen-bond donors (Lipinski definition) is 5. The molecule has 1 aliphatic heterocycles. The second-order valence-corrected chi connectivity index (χ2v) is 13.7. The van der Waals surface area contributed by atoms with E-state index in [1.54, 1.807) is 7.11 Å². The van der Waals surface area contributed by atoms with Gasteiger partial charge >= 0.3 is 6.09 Å². The topological polar surface area (TPSA) is 133 Å². The number of carboxylic acid groups (broad SMARTS) is 1. The van der Waals surface area contributed by atoms with E-state index in [0.717, 1.165) is 56.2 Å². The molecule has 43 heavy (non-hydrogen) atoms. The lowest BCUT2D eigenvalue weighted by molar-refractivity contribution is -0.128. The van der Waals surface area contributed by atoms with Crippen molar-refractivity contribution in [1.29, 1.82) is 0 Å². The first-order valence-electron chi connectivity index (χ1n) is 16.2. The molecule has 9 nitrogen and oxygen atoms in total. The van der Waals surface area contributed by atoms with E-state index >= 15 is 0 Å². The van der Waals surface area contributed by atoms with Gasteiger partial charge in [-0.05, 0) is 97.1 Å². The van der Waals surface area contributed by atoms with E-state index in [1.807, 2.05) is 20.0 Å². The van der Waals surface area contributed by atoms with Crippen LogP contribution in [0.15, 0.2) is 30.5 Å². The fourth-order valence-corrected chi connectivity index (χ4v) is 7.30. The largest absolute Gasteiger partial charge is 0.465 e. The summed E-state index contributed by atoms with van der Waals surface area (Å²) in [6.45, 7) is 10.4. The molecule has 2 aliphatic rings. The van der Waals surface area contributed by atoms with Crippen molar-refractivity contribution in [1.82, 2.24) is 15.6 Å². The quantitative estimate of drug-likeness (QED) is 0.158. The number of carbonyl (C=O) groups is 2. The van der Waals surface area contributed by atoms with Gasteiger partial charge in [0.2, 0.25) is 5.91 Å². The van der Waals surface area contributed by atoms with Gasteiger partial charge in [-0.15, -0.1) is 0 Å². The monoisotopic (exact) mass is 599 g/mol. The number of aliphatic hydroxyl groups is 1. The van der Waals surface area contributed by atoms with Crippen LogP contribution in [0.4, 0.5) is 4.79 Å². The summed E-state index contributed by atoms with van der Waals surface area (Å²) >= 11 is 0. The first-order valence-corrected chi connectivity index (χ1v) is 16.2. The van der Waals surface area contributed by atoms with Crippen LogP contribution in [0.3, 0.4) is 0 Å². The summed E-state index contributed by atoms with van der Waals surface area (Å²) in [5.74, 6) is -0.0131. The van der Waals surface area contributed by atoms with E-state index in [-0.39, 0.29) is 47.5 Å². The van der Waals surface area contributed by atoms with Gasteiger partial charge in [-0.2, -0.15) is 0 Å². The van der Waals surface area contributed by atoms with Gasteiger partial charge in [0.15, 0.2) is 0 Å². The number of hydrogen-bond acceptors (Lipinski definition) is 5. The van der Waals surface area contributed by atoms with Gasteiger partial charge < -0.3 is 35.3 Å². The lowest BCUT2D eigenvalue weighted by Gasteiger charge is -2.36. The molecular formula is C34H53N3O6. The van der Waals surface area contributed by atoms with Crippen molar-refractivity contribution in [2.24, 2.45) is 29.1 Å². The third kappa shape index (κ3) is 8.52. The minimum Gasteiger partial charge on any atom is -0.465 e. The number of rotatable bonds is 16. The molecule has 2 amide bonds. The Bertz CT molecular complexity index is 1190. The number of amides is 2. The number of methoxy groups -OCH3 is 1. The molecule has 2 aromatic rings. The van der Waals surface area contributed by atoms with Crippen LogP contribution in [0.1, 0.15) is 84.1 Å². The number of fused-ring (bicyclic) bond motifs is 1. The van der Waals surface area contributed by atoms with Crippen molar-refractivity contribution in [2.45, 2.75) is 96.7 Å². The molecule has 240 valence electrons. The Labute approximate surface area is 256 Å². The molecule has 1 saturated carbocycles. The number of nitrogens with one attached hydrogen (secondary N) is 3. The van der Waals surface area contributed by atoms with Crippen LogP contribution in [0, 0.1) is 29.1 Å². The Morgan fingerprint density at radius 1 is 1.12 bits per heavy atom. The molecule has 1 aromatic heterocycles. The normalized spacial score (nSPS) is 21.4. The fourth-order valence-electron chi connectivity index (χ4n) is 7.30. The van der Waals surface area contributed by atoms with Crippen LogP contribution in [0.2, 0.25) is 0 Å². The summed E-state index contributed by atoms with van der Waals surface area (Å²) in [6.07, 6.45) is 5.10. The predicted molar refractivity (Wildman–Crippen MR) is 168 cm³/mol. The molecule has 2 fully saturated rings. The summed E-state index contributed by atoms with van der Waals surface area (Å²) in [5, 5.41) is 28.4. The Balaban J connectivity index is 1.51. The van der Waals surface area contributed by atoms with Gasteiger partial charge in [-0.1, -0.05) is 39.8 Å². The van der Waals surface area contributed by atoms with E-state index in [0.29, 0.717) is 13.0 Å². The summed E-state index contributed by atoms with van der Waals surface area (Å²) < 4.78 is 10.9. The second kappa shape index (κ2) is 14.9. The van der Waals surface area contributed by atoms with Gasteiger partial charge in [-0.25, -0.2) is 4.79 Å². The number of aromatic nitrogens is 1. The molecule has 0 bridgehead atoms. The highest BCUT2D eigenvalue weighted by atomic mass is 16.5. The van der Waals surface area contributed by atoms with Crippen molar-refractivity contribution in [3.8, 4) is 0 Å². The van der Waals surface area contributed by atoms with E-state index in [9.17, 15) is 19.8 Å². The number of ether oxygens (including phenoxy) is 2. The van der Waals surface area contributed by atoms with Crippen LogP contribution >= 0.6 is 0 Å². The molecule has 5 N–H and O–H groups in total. The predicted octanol–water partition coefficient (Wildman–Crippen LogP) is 5.69. The van der Waals surface area contributed by atoms with Gasteiger partial charge in [0.1, 0.15) is 0 Å². The van der Waals surface area contributed by atoms with Crippen LogP contribution < -0.4 is 10.6 Å². The van der Waals surface area contributed by atoms with Gasteiger partial charge in [0.25, 0.3) is 0 Å². The second-order valence-electron chi connectivity index (χ2n) is 13.7. The zero-order valence-electron chi connectivity index (χ0n) is 26.6. The Morgan fingerprint density at radius 3 is 2.51 bits per heavy atom. The Kier molecular flexibility index (Phi) is 11.5. The fraction of sp³-hybridized carbons (Fsp3) is 0.706. The molecule has 6 atom stereocenters. The highest BCUT2D eigenvalue weighted by molar-refractivity contribution is 5.80. The summed E-state index contributed by atoms with van der Waals surface area (Å²) in [6, 6.07) is 7.99. The number of carbonyl (C=O) groups excluding carboxylic acids is 1. The maximum absolute atomic E-state index is 13.5. The van der Waals surface area contributed by atoms with Crippen molar-refractivity contribution < 1.29 is 29.3 Å².